The summed E-state index contributed by atoms with van der Waals surface area (Å²) in [5.41, 5.74) is 9.67. The van der Waals surface area contributed by atoms with Gasteiger partial charge in [0.05, 0.1) is 22.8 Å². The maximum Gasteiger partial charge on any atom is 0.256 e. The van der Waals surface area contributed by atoms with E-state index in [-0.39, 0.29) is 23.7 Å². The number of halogens is 1. The lowest BCUT2D eigenvalue weighted by atomic mass is 10.0. The molecule has 1 saturated heterocycles. The number of nitrogens with one attached hydrogen (secondary N) is 1. The largest absolute Gasteiger partial charge is 0.368 e. The van der Waals surface area contributed by atoms with Gasteiger partial charge in [0.1, 0.15) is 5.82 Å². The molecule has 1 aromatic heterocycles. The summed E-state index contributed by atoms with van der Waals surface area (Å²) in [6.07, 6.45) is 1.72. The smallest absolute Gasteiger partial charge is 0.256 e. The second kappa shape index (κ2) is 9.64. The van der Waals surface area contributed by atoms with Crippen LogP contribution in [0.25, 0.3) is 22.2 Å². The van der Waals surface area contributed by atoms with Gasteiger partial charge in [-0.2, -0.15) is 0 Å². The Morgan fingerprint density at radius 3 is 2.63 bits per heavy atom. The highest BCUT2D eigenvalue weighted by atomic mass is 19.1. The third-order valence-electron chi connectivity index (χ3n) is 6.36. The van der Waals surface area contributed by atoms with Gasteiger partial charge < -0.3 is 11.1 Å². The van der Waals surface area contributed by atoms with Crippen molar-refractivity contribution in [1.82, 2.24) is 9.88 Å². The molecule has 0 bridgehead atoms. The van der Waals surface area contributed by atoms with Crippen LogP contribution in [0.2, 0.25) is 0 Å². The third kappa shape index (κ3) is 4.90. The van der Waals surface area contributed by atoms with Crippen molar-refractivity contribution in [3.8, 4) is 11.3 Å². The minimum absolute atomic E-state index is 0.249. The summed E-state index contributed by atoms with van der Waals surface area (Å²) in [7, 11) is 0. The van der Waals surface area contributed by atoms with Crippen molar-refractivity contribution in [3.63, 3.8) is 0 Å². The summed E-state index contributed by atoms with van der Waals surface area (Å²) in [4.78, 5) is 31.9. The molecule has 2 heterocycles. The number of nitrogens with two attached hydrogens (primary N) is 1. The Balaban J connectivity index is 1.42. The second-order valence-corrected chi connectivity index (χ2v) is 8.76. The summed E-state index contributed by atoms with van der Waals surface area (Å²) in [6, 6.07) is 22.6. The molecule has 3 N–H and O–H groups in total. The molecule has 7 heteroatoms. The fourth-order valence-corrected chi connectivity index (χ4v) is 4.65. The number of benzene rings is 3. The van der Waals surface area contributed by atoms with Crippen LogP contribution in [0.15, 0.2) is 78.9 Å². The fourth-order valence-electron chi connectivity index (χ4n) is 4.65. The number of hydrogen-bond acceptors (Lipinski definition) is 4. The monoisotopic (exact) mass is 468 g/mol. The van der Waals surface area contributed by atoms with E-state index in [2.05, 4.69) is 15.2 Å². The average Bonchev–Trinajstić information content (AvgIpc) is 3.32. The van der Waals surface area contributed by atoms with Gasteiger partial charge in [-0.15, -0.1) is 0 Å². The van der Waals surface area contributed by atoms with E-state index >= 15 is 0 Å². The van der Waals surface area contributed by atoms with E-state index in [0.29, 0.717) is 29.0 Å². The Hall–Kier alpha value is -4.10. The SMILES string of the molecule is NC(=O)[C@@H]1CCCN1Cc1cccc(NC(=O)c2cc(-c3ccc(F)cc3)nc3ccccc23)c1. The molecule has 0 saturated carbocycles. The summed E-state index contributed by atoms with van der Waals surface area (Å²) < 4.78 is 13.4. The van der Waals surface area contributed by atoms with Crippen LogP contribution < -0.4 is 11.1 Å². The average molecular weight is 469 g/mol. The quantitative estimate of drug-likeness (QED) is 0.428. The topological polar surface area (TPSA) is 88.3 Å². The van der Waals surface area contributed by atoms with Crippen LogP contribution >= 0.6 is 0 Å². The van der Waals surface area contributed by atoms with Crippen LogP contribution in [0.1, 0.15) is 28.8 Å². The highest BCUT2D eigenvalue weighted by Crippen LogP contribution is 2.26. The number of nitrogens with zero attached hydrogens (tertiary/aromatic N) is 2. The first-order valence-corrected chi connectivity index (χ1v) is 11.6. The molecule has 0 spiro atoms. The first-order chi connectivity index (χ1) is 17.0. The van der Waals surface area contributed by atoms with Crippen molar-refractivity contribution in [1.29, 1.82) is 0 Å². The molecule has 1 atom stereocenters. The highest BCUT2D eigenvalue weighted by Gasteiger charge is 2.28. The molecule has 4 aromatic rings. The standard InChI is InChI=1S/C28H25FN4O2/c29-20-12-10-19(11-13-20)25-16-23(22-7-1-2-8-24(22)32-25)28(35)31-21-6-3-5-18(15-21)17-33-14-4-9-26(33)27(30)34/h1-3,5-8,10-13,15-16,26H,4,9,14,17H2,(H2,30,34)(H,31,35)/t26-/m0/s1. The minimum atomic E-state index is -0.330. The maximum atomic E-state index is 13.4. The molecule has 0 unspecified atom stereocenters. The predicted octanol–water partition coefficient (Wildman–Crippen LogP) is 4.74. The van der Waals surface area contributed by atoms with Crippen LogP contribution in [-0.2, 0) is 11.3 Å². The Morgan fingerprint density at radius 2 is 1.83 bits per heavy atom. The lowest BCUT2D eigenvalue weighted by Crippen LogP contribution is -2.39. The fraction of sp³-hybridized carbons (Fsp3) is 0.179. The number of primary amides is 1. The zero-order chi connectivity index (χ0) is 24.4. The van der Waals surface area contributed by atoms with Crippen LogP contribution in [-0.4, -0.2) is 34.3 Å². The van der Waals surface area contributed by atoms with Gasteiger partial charge in [-0.05, 0) is 73.5 Å². The molecule has 0 radical (unpaired) electrons. The Bertz CT molecular complexity index is 1400. The number of carbonyl (C=O) groups is 2. The van der Waals surface area contributed by atoms with E-state index in [0.717, 1.165) is 35.9 Å². The van der Waals surface area contributed by atoms with Crippen molar-refractivity contribution >= 4 is 28.4 Å². The number of pyridine rings is 1. The number of aromatic nitrogens is 1. The number of anilines is 1. The van der Waals surface area contributed by atoms with Crippen molar-refractivity contribution in [2.24, 2.45) is 5.73 Å². The molecular formula is C28H25FN4O2. The molecule has 0 aliphatic carbocycles. The molecule has 1 aliphatic heterocycles. The zero-order valence-electron chi connectivity index (χ0n) is 19.1. The predicted molar refractivity (Wildman–Crippen MR) is 134 cm³/mol. The van der Waals surface area contributed by atoms with E-state index in [9.17, 15) is 14.0 Å². The Labute approximate surface area is 202 Å². The van der Waals surface area contributed by atoms with Gasteiger partial charge in [0.25, 0.3) is 5.91 Å². The van der Waals surface area contributed by atoms with Gasteiger partial charge in [0.2, 0.25) is 5.91 Å². The molecule has 6 nitrogen and oxygen atoms in total. The molecule has 1 aliphatic rings. The number of fused-ring (bicyclic) bond motifs is 1. The first-order valence-electron chi connectivity index (χ1n) is 11.6. The zero-order valence-corrected chi connectivity index (χ0v) is 19.1. The lowest BCUT2D eigenvalue weighted by molar-refractivity contribution is -0.122. The number of likely N-dealkylation sites (tertiary alicyclic amines) is 1. The Kier molecular flexibility index (Phi) is 6.25. The molecule has 2 amide bonds. The van der Waals surface area contributed by atoms with E-state index in [1.165, 1.54) is 12.1 Å². The van der Waals surface area contributed by atoms with E-state index < -0.39 is 0 Å². The highest BCUT2D eigenvalue weighted by molar-refractivity contribution is 6.13. The number of carbonyl (C=O) groups excluding carboxylic acids is 2. The van der Waals surface area contributed by atoms with Crippen molar-refractivity contribution in [3.05, 3.63) is 95.8 Å². The van der Waals surface area contributed by atoms with Crippen molar-refractivity contribution < 1.29 is 14.0 Å². The van der Waals surface area contributed by atoms with Gasteiger partial charge in [-0.3, -0.25) is 14.5 Å². The van der Waals surface area contributed by atoms with Crippen molar-refractivity contribution in [2.75, 3.05) is 11.9 Å². The van der Waals surface area contributed by atoms with Crippen LogP contribution in [0, 0.1) is 5.82 Å². The van der Waals surface area contributed by atoms with Gasteiger partial charge >= 0.3 is 0 Å². The normalized spacial score (nSPS) is 15.9. The second-order valence-electron chi connectivity index (χ2n) is 8.76. The number of hydrogen-bond donors (Lipinski definition) is 2. The summed E-state index contributed by atoms with van der Waals surface area (Å²) in [5, 5.41) is 3.73. The van der Waals surface area contributed by atoms with E-state index in [4.69, 9.17) is 5.73 Å². The van der Waals surface area contributed by atoms with E-state index in [1.807, 2.05) is 48.5 Å². The lowest BCUT2D eigenvalue weighted by Gasteiger charge is -2.22. The molecule has 176 valence electrons. The minimum Gasteiger partial charge on any atom is -0.368 e. The third-order valence-corrected chi connectivity index (χ3v) is 6.36. The molecular weight excluding hydrogens is 443 g/mol. The molecule has 1 fully saturated rings. The van der Waals surface area contributed by atoms with E-state index in [1.54, 1.807) is 18.2 Å². The van der Waals surface area contributed by atoms with Gasteiger partial charge in [-0.1, -0.05) is 30.3 Å². The van der Waals surface area contributed by atoms with Crippen LogP contribution in [0.4, 0.5) is 10.1 Å². The Morgan fingerprint density at radius 1 is 1.03 bits per heavy atom. The number of rotatable bonds is 6. The van der Waals surface area contributed by atoms with Crippen LogP contribution in [0.3, 0.4) is 0 Å². The summed E-state index contributed by atoms with van der Waals surface area (Å²) in [6.45, 7) is 1.41. The molecule has 35 heavy (non-hydrogen) atoms. The molecule has 5 rings (SSSR count). The number of para-hydroxylation sites is 1. The number of amides is 2. The van der Waals surface area contributed by atoms with Crippen molar-refractivity contribution in [2.45, 2.75) is 25.4 Å². The van der Waals surface area contributed by atoms with Gasteiger partial charge in [0, 0.05) is 23.2 Å². The van der Waals surface area contributed by atoms with Gasteiger partial charge in [-0.25, -0.2) is 9.37 Å². The summed E-state index contributed by atoms with van der Waals surface area (Å²) >= 11 is 0. The van der Waals surface area contributed by atoms with Gasteiger partial charge in [0.15, 0.2) is 0 Å². The first kappa shape index (κ1) is 22.7. The molecule has 3 aromatic carbocycles. The maximum absolute atomic E-state index is 13.4. The van der Waals surface area contributed by atoms with Crippen LogP contribution in [0.5, 0.6) is 0 Å². The summed E-state index contributed by atoms with van der Waals surface area (Å²) in [5.74, 6) is -0.891.